The molecule has 1 N–H and O–H groups in total. The van der Waals surface area contributed by atoms with Crippen LogP contribution in [0.25, 0.3) is 0 Å². The second kappa shape index (κ2) is 9.37. The minimum absolute atomic E-state index is 0.0398. The van der Waals surface area contributed by atoms with Crippen LogP contribution < -0.4 is 10.1 Å². The Morgan fingerprint density at radius 3 is 2.79 bits per heavy atom. The fourth-order valence-electron chi connectivity index (χ4n) is 3.25. The van der Waals surface area contributed by atoms with Crippen LogP contribution in [0.3, 0.4) is 0 Å². The quantitative estimate of drug-likeness (QED) is 0.748. The maximum Gasteiger partial charge on any atom is 0.263 e. The van der Waals surface area contributed by atoms with E-state index in [9.17, 15) is 9.59 Å². The van der Waals surface area contributed by atoms with Gasteiger partial charge in [0, 0.05) is 38.1 Å². The van der Waals surface area contributed by atoms with Crippen LogP contribution in [0, 0.1) is 0 Å². The van der Waals surface area contributed by atoms with E-state index in [2.05, 4.69) is 5.32 Å². The Morgan fingerprint density at radius 1 is 1.25 bits per heavy atom. The fraction of sp³-hybridized carbons (Fsp3) is 0.364. The second-order valence-electron chi connectivity index (χ2n) is 6.90. The van der Waals surface area contributed by atoms with Gasteiger partial charge in [-0.2, -0.15) is 0 Å². The van der Waals surface area contributed by atoms with Gasteiger partial charge >= 0.3 is 0 Å². The van der Waals surface area contributed by atoms with Gasteiger partial charge in [-0.05, 0) is 37.1 Å². The number of hydrogen-bond acceptors (Lipinski definition) is 4. The van der Waals surface area contributed by atoms with Crippen molar-refractivity contribution in [2.45, 2.75) is 32.4 Å². The number of benzene rings is 2. The third-order valence-corrected chi connectivity index (χ3v) is 4.65. The summed E-state index contributed by atoms with van der Waals surface area (Å²) in [6.07, 6.45) is 0.535. The van der Waals surface area contributed by atoms with Crippen molar-refractivity contribution in [3.8, 4) is 5.75 Å². The summed E-state index contributed by atoms with van der Waals surface area (Å²) in [5.41, 5.74) is 2.54. The number of ether oxygens (including phenoxy) is 2. The molecule has 0 aliphatic carbocycles. The molecule has 1 unspecified atom stereocenters. The van der Waals surface area contributed by atoms with Crippen molar-refractivity contribution in [2.75, 3.05) is 25.6 Å². The zero-order chi connectivity index (χ0) is 19.9. The Labute approximate surface area is 165 Å². The lowest BCUT2D eigenvalue weighted by Gasteiger charge is -2.22. The van der Waals surface area contributed by atoms with Gasteiger partial charge in [-0.3, -0.25) is 9.59 Å². The van der Waals surface area contributed by atoms with Gasteiger partial charge in [-0.15, -0.1) is 0 Å². The molecule has 1 aliphatic heterocycles. The van der Waals surface area contributed by atoms with E-state index >= 15 is 0 Å². The van der Waals surface area contributed by atoms with Crippen molar-refractivity contribution in [2.24, 2.45) is 0 Å². The summed E-state index contributed by atoms with van der Waals surface area (Å²) in [6.45, 7) is 3.41. The first-order valence-electron chi connectivity index (χ1n) is 9.48. The van der Waals surface area contributed by atoms with E-state index in [1.165, 1.54) is 0 Å². The van der Waals surface area contributed by atoms with Gasteiger partial charge in [-0.1, -0.05) is 30.3 Å². The van der Waals surface area contributed by atoms with Gasteiger partial charge in [0.05, 0.1) is 6.42 Å². The third-order valence-electron chi connectivity index (χ3n) is 4.65. The molecule has 2 amide bonds. The standard InChI is InChI=1S/C22H26N2O4/c1-16-22(26)24(11-6-12-27-2)15-18-14-19(9-10-20(18)28-16)23-21(25)13-17-7-4-3-5-8-17/h3-5,7-10,14,16H,6,11-13,15H2,1-2H3,(H,23,25). The van der Waals surface area contributed by atoms with Crippen LogP contribution in [0.2, 0.25) is 0 Å². The van der Waals surface area contributed by atoms with Gasteiger partial charge in [0.15, 0.2) is 6.10 Å². The smallest absolute Gasteiger partial charge is 0.263 e. The molecule has 28 heavy (non-hydrogen) atoms. The highest BCUT2D eigenvalue weighted by Gasteiger charge is 2.27. The Hall–Kier alpha value is -2.86. The van der Waals surface area contributed by atoms with Crippen LogP contribution in [0.15, 0.2) is 48.5 Å². The molecule has 0 aromatic heterocycles. The predicted molar refractivity (Wildman–Crippen MR) is 107 cm³/mol. The topological polar surface area (TPSA) is 67.9 Å². The fourth-order valence-corrected chi connectivity index (χ4v) is 3.25. The van der Waals surface area contributed by atoms with Crippen molar-refractivity contribution >= 4 is 17.5 Å². The van der Waals surface area contributed by atoms with Crippen molar-refractivity contribution in [3.63, 3.8) is 0 Å². The number of rotatable bonds is 7. The first kappa shape index (κ1) is 19.9. The Morgan fingerprint density at radius 2 is 2.04 bits per heavy atom. The molecule has 0 bridgehead atoms. The van der Waals surface area contributed by atoms with E-state index in [0.717, 1.165) is 17.5 Å². The molecule has 1 atom stereocenters. The second-order valence-corrected chi connectivity index (χ2v) is 6.90. The molecule has 1 aliphatic rings. The van der Waals surface area contributed by atoms with E-state index < -0.39 is 6.10 Å². The lowest BCUT2D eigenvalue weighted by Crippen LogP contribution is -2.38. The van der Waals surface area contributed by atoms with E-state index in [1.54, 1.807) is 25.0 Å². The molecule has 2 aromatic carbocycles. The number of fused-ring (bicyclic) bond motifs is 1. The van der Waals surface area contributed by atoms with Gasteiger partial charge in [0.25, 0.3) is 5.91 Å². The lowest BCUT2D eigenvalue weighted by atomic mass is 10.1. The van der Waals surface area contributed by atoms with Crippen molar-refractivity contribution < 1.29 is 19.1 Å². The third kappa shape index (κ3) is 5.10. The Kier molecular flexibility index (Phi) is 6.66. The van der Waals surface area contributed by atoms with E-state index in [-0.39, 0.29) is 11.8 Å². The number of carbonyl (C=O) groups excluding carboxylic acids is 2. The highest BCUT2D eigenvalue weighted by Crippen LogP contribution is 2.28. The summed E-state index contributed by atoms with van der Waals surface area (Å²) >= 11 is 0. The average Bonchev–Trinajstić information content (AvgIpc) is 2.80. The van der Waals surface area contributed by atoms with E-state index in [0.29, 0.717) is 37.6 Å². The lowest BCUT2D eigenvalue weighted by molar-refractivity contribution is -0.137. The zero-order valence-electron chi connectivity index (χ0n) is 16.3. The molecule has 148 valence electrons. The SMILES string of the molecule is COCCCN1Cc2cc(NC(=O)Cc3ccccc3)ccc2OC(C)C1=O. The van der Waals surface area contributed by atoms with Crippen LogP contribution in [0.4, 0.5) is 5.69 Å². The number of amides is 2. The molecular formula is C22H26N2O4. The van der Waals surface area contributed by atoms with Gasteiger partial charge in [-0.25, -0.2) is 0 Å². The molecule has 0 fully saturated rings. The molecule has 6 nitrogen and oxygen atoms in total. The number of carbonyl (C=O) groups is 2. The summed E-state index contributed by atoms with van der Waals surface area (Å²) in [5.74, 6) is 0.556. The number of nitrogens with zero attached hydrogens (tertiary/aromatic N) is 1. The maximum atomic E-state index is 12.6. The Balaban J connectivity index is 1.71. The van der Waals surface area contributed by atoms with Crippen molar-refractivity contribution in [1.29, 1.82) is 0 Å². The molecule has 2 aromatic rings. The highest BCUT2D eigenvalue weighted by atomic mass is 16.5. The average molecular weight is 382 g/mol. The zero-order valence-corrected chi connectivity index (χ0v) is 16.3. The number of methoxy groups -OCH3 is 1. The van der Waals surface area contributed by atoms with Crippen LogP contribution >= 0.6 is 0 Å². The van der Waals surface area contributed by atoms with E-state index in [1.807, 2.05) is 42.5 Å². The van der Waals surface area contributed by atoms with Crippen molar-refractivity contribution in [3.05, 3.63) is 59.7 Å². The molecule has 3 rings (SSSR count). The molecule has 1 heterocycles. The van der Waals surface area contributed by atoms with Gasteiger partial charge < -0.3 is 19.7 Å². The number of anilines is 1. The molecule has 0 saturated carbocycles. The minimum atomic E-state index is -0.540. The molecule has 0 radical (unpaired) electrons. The molecular weight excluding hydrogens is 356 g/mol. The van der Waals surface area contributed by atoms with Crippen LogP contribution in [0.5, 0.6) is 5.75 Å². The highest BCUT2D eigenvalue weighted by molar-refractivity contribution is 5.92. The summed E-state index contributed by atoms with van der Waals surface area (Å²) in [5, 5.41) is 2.93. The van der Waals surface area contributed by atoms with E-state index in [4.69, 9.17) is 9.47 Å². The molecule has 0 saturated heterocycles. The number of nitrogens with one attached hydrogen (secondary N) is 1. The monoisotopic (exact) mass is 382 g/mol. The maximum absolute atomic E-state index is 12.6. The molecule has 6 heteroatoms. The van der Waals surface area contributed by atoms with Crippen molar-refractivity contribution in [1.82, 2.24) is 4.90 Å². The van der Waals surface area contributed by atoms with Crippen LogP contribution in [-0.2, 0) is 27.3 Å². The van der Waals surface area contributed by atoms with Gasteiger partial charge in [0.2, 0.25) is 5.91 Å². The van der Waals surface area contributed by atoms with Crippen LogP contribution in [-0.4, -0.2) is 43.1 Å². The largest absolute Gasteiger partial charge is 0.481 e. The van der Waals surface area contributed by atoms with Crippen LogP contribution in [0.1, 0.15) is 24.5 Å². The summed E-state index contributed by atoms with van der Waals surface area (Å²) in [6, 6.07) is 15.1. The molecule has 0 spiro atoms. The predicted octanol–water partition coefficient (Wildman–Crippen LogP) is 3.01. The first-order chi connectivity index (χ1) is 13.6. The number of hydrogen-bond donors (Lipinski definition) is 1. The van der Waals surface area contributed by atoms with Gasteiger partial charge in [0.1, 0.15) is 5.75 Å². The Bertz CT molecular complexity index is 823. The first-order valence-corrected chi connectivity index (χ1v) is 9.48. The summed E-state index contributed by atoms with van der Waals surface area (Å²) < 4.78 is 10.9. The summed E-state index contributed by atoms with van der Waals surface area (Å²) in [7, 11) is 1.65. The minimum Gasteiger partial charge on any atom is -0.481 e. The summed E-state index contributed by atoms with van der Waals surface area (Å²) in [4.78, 5) is 26.7. The normalized spacial score (nSPS) is 16.1.